The fraction of sp³-hybridized carbons (Fsp3) is 0.410. The summed E-state index contributed by atoms with van der Waals surface area (Å²) in [5.41, 5.74) is 2.69. The summed E-state index contributed by atoms with van der Waals surface area (Å²) < 4.78 is 59.5. The molecule has 4 N–H and O–H groups in total. The van der Waals surface area contributed by atoms with E-state index in [0.29, 0.717) is 0 Å². The predicted octanol–water partition coefficient (Wildman–Crippen LogP) is 1.38. The third-order valence-corrected chi connectivity index (χ3v) is 5.33. The van der Waals surface area contributed by atoms with Crippen LogP contribution in [0.25, 0.3) is 0 Å². The second-order valence-corrected chi connectivity index (χ2v) is 10.4. The first kappa shape index (κ1) is 43.6. The summed E-state index contributed by atoms with van der Waals surface area (Å²) >= 11 is 0. The van der Waals surface area contributed by atoms with Gasteiger partial charge in [-0.15, -0.1) is 0 Å². The van der Waals surface area contributed by atoms with Crippen molar-refractivity contribution in [3.8, 4) is 0 Å². The summed E-state index contributed by atoms with van der Waals surface area (Å²) in [6.07, 6.45) is -6.66. The van der Waals surface area contributed by atoms with Crippen LogP contribution >= 0.6 is 0 Å². The standard InChI is InChI=1S/2C11H14O3.C11H12O3.C4H8O3.2CH4.BH4.Na/c3*1-9(12)7-11(13)14-8-10-5-3-2-4-6-10;1-3(5)2-4(6)7;;;;/h2*2-6,9,12H,7-8H2,1H3;2-6H,7-8H2,1H3;3,5H,2H2,1H3,(H,6,7);3*1H4;/q;;;;;;-1;+1/t9-;;;3-;;;;/m1..1..../s1/i2*9D;;3D;;;1D4;. The van der Waals surface area contributed by atoms with Crippen LogP contribution in [0.5, 0.6) is 0 Å². The SMILES string of the molecule is C.C.CC(=O)CC(=O)OCc1ccccc1.[2H]C(C)(O)CC(=O)OCc1ccccc1.[2H][B-]([2H])([2H])[2H].[2H][C@](C)(O)CC(=O)O.[2H][C@](C)(O)CC(=O)OCc1ccccc1.[Na+]. The van der Waals surface area contributed by atoms with Crippen LogP contribution in [-0.4, -0.2) is 81.9 Å². The van der Waals surface area contributed by atoms with E-state index in [4.69, 9.17) is 44.1 Å². The second kappa shape index (κ2) is 36.5. The van der Waals surface area contributed by atoms with Crippen LogP contribution in [0.15, 0.2) is 91.0 Å². The van der Waals surface area contributed by atoms with Crippen molar-refractivity contribution < 1.29 is 92.3 Å². The molecule has 3 rings (SSSR count). The average molecular weight is 762 g/mol. The van der Waals surface area contributed by atoms with E-state index >= 15 is 0 Å². The zero-order valence-electron chi connectivity index (χ0n) is 36.7. The zero-order valence-corrected chi connectivity index (χ0v) is 31.7. The second-order valence-electron chi connectivity index (χ2n) is 10.4. The smallest absolute Gasteiger partial charge is 0.481 e. The van der Waals surface area contributed by atoms with E-state index < -0.39 is 56.8 Å². The first-order valence-corrected chi connectivity index (χ1v) is 15.0. The Morgan fingerprint density at radius 2 is 0.868 bits per heavy atom. The summed E-state index contributed by atoms with van der Waals surface area (Å²) in [7, 11) is -3.00. The Morgan fingerprint density at radius 1 is 0.604 bits per heavy atom. The molecule has 12 nitrogen and oxygen atoms in total. The van der Waals surface area contributed by atoms with Crippen LogP contribution in [0, 0.1) is 0 Å². The van der Waals surface area contributed by atoms with Crippen LogP contribution in [0.4, 0.5) is 0 Å². The van der Waals surface area contributed by atoms with Crippen LogP contribution in [0.2, 0.25) is 0 Å². The van der Waals surface area contributed by atoms with Gasteiger partial charge < -0.3 is 34.6 Å². The molecule has 0 aromatic heterocycles. The molecule has 0 aliphatic rings. The van der Waals surface area contributed by atoms with Gasteiger partial charge in [0.2, 0.25) is 0 Å². The monoisotopic (exact) mass is 761 g/mol. The summed E-state index contributed by atoms with van der Waals surface area (Å²) in [5, 5.41) is 34.5. The van der Waals surface area contributed by atoms with Crippen molar-refractivity contribution in [2.24, 2.45) is 0 Å². The zero-order chi connectivity index (χ0) is 44.3. The summed E-state index contributed by atoms with van der Waals surface area (Å²) in [5.74, 6) is -2.95. The van der Waals surface area contributed by atoms with Gasteiger partial charge >= 0.3 is 53.4 Å². The number of hydrogen-bond donors (Lipinski definition) is 4. The summed E-state index contributed by atoms with van der Waals surface area (Å²) in [4.78, 5) is 53.5. The van der Waals surface area contributed by atoms with Gasteiger partial charge in [-0.3, -0.25) is 24.0 Å². The number of hydrogen-bond acceptors (Lipinski definition) is 11. The van der Waals surface area contributed by atoms with E-state index in [1.165, 1.54) is 20.8 Å². The molecule has 3 aromatic rings. The van der Waals surface area contributed by atoms with Gasteiger partial charge in [-0.25, -0.2) is 5.34 Å². The van der Waals surface area contributed by atoms with Gasteiger partial charge in [-0.1, -0.05) is 114 Å². The molecule has 3 atom stereocenters. The normalized spacial score (nSPS) is 14.5. The fourth-order valence-corrected chi connectivity index (χ4v) is 3.21. The van der Waals surface area contributed by atoms with Gasteiger partial charge in [-0.05, 0) is 44.4 Å². The van der Waals surface area contributed by atoms with E-state index in [1.807, 2.05) is 91.0 Å². The van der Waals surface area contributed by atoms with Crippen LogP contribution < -0.4 is 29.6 Å². The number of carboxylic acid groups (broad SMARTS) is 1. The Kier molecular flexibility index (Phi) is 30.0. The number of esters is 3. The number of aliphatic hydroxyl groups is 3. The molecule has 1 unspecified atom stereocenters. The first-order chi connectivity index (χ1) is 26.0. The van der Waals surface area contributed by atoms with E-state index in [1.54, 1.807) is 0 Å². The Balaban J connectivity index is -0.000000216. The topological polar surface area (TPSA) is 194 Å². The van der Waals surface area contributed by atoms with Gasteiger partial charge in [-0.2, -0.15) is 0 Å². The molecule has 0 saturated carbocycles. The molecule has 0 radical (unpaired) electrons. The molecule has 14 heteroatoms. The number of carboxylic acids is 1. The maximum absolute atomic E-state index is 11.1. The molecule has 0 heterocycles. The third kappa shape index (κ3) is 39.2. The molecule has 0 aliphatic heterocycles. The maximum Gasteiger partial charge on any atom is 1.00 e. The molecular weight excluding hydrogens is 694 g/mol. The van der Waals surface area contributed by atoms with Gasteiger partial charge in [0, 0.05) is 0 Å². The van der Waals surface area contributed by atoms with Crippen molar-refractivity contribution in [1.29, 1.82) is 5.34 Å². The molecule has 53 heavy (non-hydrogen) atoms. The Hall–Kier alpha value is -3.85. The van der Waals surface area contributed by atoms with Crippen LogP contribution in [-0.2, 0) is 58.0 Å². The predicted molar refractivity (Wildman–Crippen MR) is 205 cm³/mol. The quantitative estimate of drug-likeness (QED) is 0.0800. The number of Topliss-reactive ketones (excluding diaryl/α,β-unsaturated/α-hetero) is 1. The number of rotatable bonds is 14. The molecule has 0 fully saturated rings. The average Bonchev–Trinajstić information content (AvgIpc) is 3.04. The van der Waals surface area contributed by atoms with Gasteiger partial charge in [0.1, 0.15) is 32.0 Å². The van der Waals surface area contributed by atoms with E-state index in [0.717, 1.165) is 23.6 Å². The number of carbonyl (C=O) groups excluding carboxylic acids is 4. The number of aliphatic carboxylic acids is 1. The van der Waals surface area contributed by atoms with E-state index in [2.05, 4.69) is 0 Å². The molecule has 0 saturated heterocycles. The molecule has 3 aromatic carbocycles. The number of benzene rings is 3. The molecule has 292 valence electrons. The molecular formula is C39H60BNaO12. The number of ketones is 1. The Bertz CT molecular complexity index is 1530. The van der Waals surface area contributed by atoms with Gasteiger partial charge in [0.15, 0.2) is 0 Å². The maximum atomic E-state index is 11.1. The largest absolute Gasteiger partial charge is 1.00 e. The van der Waals surface area contributed by atoms with E-state index in [9.17, 15) is 24.0 Å². The Labute approximate surface area is 348 Å². The minimum Gasteiger partial charge on any atom is -0.481 e. The van der Waals surface area contributed by atoms with Gasteiger partial charge in [0.25, 0.3) is 0 Å². The first-order valence-electron chi connectivity index (χ1n) is 18.8. The van der Waals surface area contributed by atoms with Crippen molar-refractivity contribution in [3.63, 3.8) is 0 Å². The van der Waals surface area contributed by atoms with Crippen molar-refractivity contribution in [1.82, 2.24) is 0 Å². The van der Waals surface area contributed by atoms with Crippen LogP contribution in [0.3, 0.4) is 0 Å². The van der Waals surface area contributed by atoms with Crippen LogP contribution in [0.1, 0.15) is 89.0 Å². The van der Waals surface area contributed by atoms with Crippen molar-refractivity contribution in [3.05, 3.63) is 108 Å². The molecule has 0 spiro atoms. The van der Waals surface area contributed by atoms with Crippen molar-refractivity contribution >= 4 is 37.9 Å². The Morgan fingerprint density at radius 3 is 1.08 bits per heavy atom. The number of carbonyl (C=O) groups is 5. The molecule has 0 aliphatic carbocycles. The fourth-order valence-electron chi connectivity index (χ4n) is 3.21. The summed E-state index contributed by atoms with van der Waals surface area (Å²) in [6, 6.07) is 27.9. The van der Waals surface area contributed by atoms with Crippen molar-refractivity contribution in [2.45, 2.75) is 106 Å². The molecule has 0 bridgehead atoms. The number of ether oxygens (including phenoxy) is 3. The minimum atomic E-state index is -3.00. The summed E-state index contributed by atoms with van der Waals surface area (Å²) in [6.45, 7) is 5.57. The minimum absolute atomic E-state index is 0. The molecule has 0 amide bonds. The van der Waals surface area contributed by atoms with E-state index in [-0.39, 0.29) is 89.3 Å². The third-order valence-electron chi connectivity index (χ3n) is 5.33. The van der Waals surface area contributed by atoms with Gasteiger partial charge in [0.05, 0.1) is 41.6 Å². The van der Waals surface area contributed by atoms with Crippen molar-refractivity contribution in [2.75, 3.05) is 0 Å².